The van der Waals surface area contributed by atoms with Gasteiger partial charge in [-0.3, -0.25) is 9.59 Å². The maximum atomic E-state index is 12.6. The highest BCUT2D eigenvalue weighted by atomic mass is 16.5. The second-order valence-electron chi connectivity index (χ2n) is 9.41. The van der Waals surface area contributed by atoms with E-state index in [2.05, 4.69) is 6.92 Å². The molecule has 0 aromatic rings. The Bertz CT molecular complexity index is 653. The first kappa shape index (κ1) is 19.6. The van der Waals surface area contributed by atoms with Gasteiger partial charge in [-0.05, 0) is 55.6 Å². The third kappa shape index (κ3) is 2.50. The van der Waals surface area contributed by atoms with Gasteiger partial charge in [0.1, 0.15) is 5.60 Å². The molecule has 3 aliphatic rings. The predicted molar refractivity (Wildman–Crippen MR) is 97.2 cm³/mol. The Balaban J connectivity index is 2.03. The number of methoxy groups -OCH3 is 1. The number of fused-ring (bicyclic) bond motifs is 3. The van der Waals surface area contributed by atoms with Gasteiger partial charge in [0, 0.05) is 11.8 Å². The number of aliphatic hydroxyl groups excluding tert-OH is 1. The van der Waals surface area contributed by atoms with Crippen LogP contribution >= 0.6 is 0 Å². The predicted octanol–water partition coefficient (Wildman–Crippen LogP) is 2.64. The van der Waals surface area contributed by atoms with E-state index in [-0.39, 0.29) is 34.9 Å². The van der Waals surface area contributed by atoms with Gasteiger partial charge in [0.05, 0.1) is 18.6 Å². The number of Topliss-reactive ketones (excluding diaryl/α,β-unsaturated/α-hetero) is 1. The fraction of sp³-hybridized carbons (Fsp3) is 0.810. The lowest BCUT2D eigenvalue weighted by Crippen LogP contribution is -2.64. The largest absolute Gasteiger partial charge is 0.469 e. The van der Waals surface area contributed by atoms with Crippen LogP contribution < -0.4 is 0 Å². The van der Waals surface area contributed by atoms with Gasteiger partial charge < -0.3 is 14.9 Å². The molecule has 6 atom stereocenters. The zero-order chi connectivity index (χ0) is 19.5. The van der Waals surface area contributed by atoms with E-state index in [1.165, 1.54) is 7.11 Å². The van der Waals surface area contributed by atoms with E-state index in [0.717, 1.165) is 19.3 Å². The number of hydrogen-bond acceptors (Lipinski definition) is 5. The van der Waals surface area contributed by atoms with Crippen LogP contribution in [0.25, 0.3) is 0 Å². The molecule has 0 aromatic carbocycles. The molecule has 5 heteroatoms. The van der Waals surface area contributed by atoms with Crippen molar-refractivity contribution in [3.63, 3.8) is 0 Å². The van der Waals surface area contributed by atoms with Crippen LogP contribution in [-0.4, -0.2) is 40.8 Å². The molecule has 2 fully saturated rings. The SMILES string of the molecule is COC(=O)[C@]1(C)CCC[C@@]2(C)[C@H]1C[C@@H](O)[C@@]1(O)C=C(C(=O)C(C)C)C[C@@H]12. The first-order chi connectivity index (χ1) is 12.0. The highest BCUT2D eigenvalue weighted by Gasteiger charge is 2.66. The van der Waals surface area contributed by atoms with Crippen molar-refractivity contribution in [2.24, 2.45) is 28.6 Å². The lowest BCUT2D eigenvalue weighted by molar-refractivity contribution is -0.211. The van der Waals surface area contributed by atoms with Gasteiger partial charge in [-0.25, -0.2) is 0 Å². The minimum absolute atomic E-state index is 0.0340. The summed E-state index contributed by atoms with van der Waals surface area (Å²) in [6.45, 7) is 7.76. The van der Waals surface area contributed by atoms with Crippen molar-refractivity contribution in [2.75, 3.05) is 7.11 Å². The fourth-order valence-corrected chi connectivity index (χ4v) is 6.20. The van der Waals surface area contributed by atoms with Crippen LogP contribution in [0.2, 0.25) is 0 Å². The van der Waals surface area contributed by atoms with Crippen molar-refractivity contribution in [1.29, 1.82) is 0 Å². The van der Waals surface area contributed by atoms with E-state index in [9.17, 15) is 19.8 Å². The molecule has 0 heterocycles. The van der Waals surface area contributed by atoms with Gasteiger partial charge in [0.2, 0.25) is 0 Å². The van der Waals surface area contributed by atoms with Crippen molar-refractivity contribution in [1.82, 2.24) is 0 Å². The highest BCUT2D eigenvalue weighted by molar-refractivity contribution is 5.97. The average Bonchev–Trinajstić information content (AvgIpc) is 2.96. The third-order valence-corrected chi connectivity index (χ3v) is 7.65. The molecule has 0 bridgehead atoms. The molecule has 3 aliphatic carbocycles. The quantitative estimate of drug-likeness (QED) is 0.752. The van der Waals surface area contributed by atoms with Crippen LogP contribution in [0.15, 0.2) is 11.6 Å². The summed E-state index contributed by atoms with van der Waals surface area (Å²) in [5.74, 6) is -0.691. The summed E-state index contributed by atoms with van der Waals surface area (Å²) in [7, 11) is 1.41. The molecule has 0 unspecified atom stereocenters. The molecule has 2 saturated carbocycles. The first-order valence-electron chi connectivity index (χ1n) is 9.75. The van der Waals surface area contributed by atoms with E-state index in [1.54, 1.807) is 6.08 Å². The Morgan fingerprint density at radius 2 is 1.88 bits per heavy atom. The maximum Gasteiger partial charge on any atom is 0.311 e. The first-order valence-corrected chi connectivity index (χ1v) is 9.75. The normalized spacial score (nSPS) is 44.9. The summed E-state index contributed by atoms with van der Waals surface area (Å²) in [4.78, 5) is 25.1. The van der Waals surface area contributed by atoms with E-state index in [4.69, 9.17) is 4.74 Å². The Morgan fingerprint density at radius 3 is 2.46 bits per heavy atom. The van der Waals surface area contributed by atoms with Crippen LogP contribution in [-0.2, 0) is 14.3 Å². The summed E-state index contributed by atoms with van der Waals surface area (Å²) in [6, 6.07) is 0. The Morgan fingerprint density at radius 1 is 1.23 bits per heavy atom. The standard InChI is InChI=1S/C21H32O5/c1-12(2)17(23)13-9-15-19(3)7-6-8-20(4,18(24)26-5)14(19)10-16(22)21(15,25)11-13/h11-12,14-16,22,25H,6-10H2,1-5H3/t14-,15-,16-,19+,20-,21-/m1/s1. The second-order valence-corrected chi connectivity index (χ2v) is 9.41. The van der Waals surface area contributed by atoms with Crippen LogP contribution in [0.1, 0.15) is 59.8 Å². The smallest absolute Gasteiger partial charge is 0.311 e. The molecular weight excluding hydrogens is 332 g/mol. The molecule has 0 amide bonds. The zero-order valence-corrected chi connectivity index (χ0v) is 16.5. The molecule has 146 valence electrons. The fourth-order valence-electron chi connectivity index (χ4n) is 6.20. The average molecular weight is 364 g/mol. The molecule has 26 heavy (non-hydrogen) atoms. The van der Waals surface area contributed by atoms with Gasteiger partial charge in [0.25, 0.3) is 0 Å². The summed E-state index contributed by atoms with van der Waals surface area (Å²) in [5.41, 5.74) is -1.77. The van der Waals surface area contributed by atoms with Crippen molar-refractivity contribution in [3.8, 4) is 0 Å². The van der Waals surface area contributed by atoms with Crippen molar-refractivity contribution in [2.45, 2.75) is 71.5 Å². The summed E-state index contributed by atoms with van der Waals surface area (Å²) in [5, 5.41) is 22.2. The number of carbonyl (C=O) groups is 2. The van der Waals surface area contributed by atoms with E-state index < -0.39 is 17.1 Å². The van der Waals surface area contributed by atoms with Gasteiger partial charge in [-0.15, -0.1) is 0 Å². The van der Waals surface area contributed by atoms with Gasteiger partial charge in [-0.2, -0.15) is 0 Å². The maximum absolute atomic E-state index is 12.6. The van der Waals surface area contributed by atoms with Crippen molar-refractivity contribution >= 4 is 11.8 Å². The van der Waals surface area contributed by atoms with E-state index >= 15 is 0 Å². The number of ketones is 1. The molecule has 5 nitrogen and oxygen atoms in total. The molecule has 0 aromatic heterocycles. The number of carbonyl (C=O) groups excluding carboxylic acids is 2. The molecule has 0 spiro atoms. The summed E-state index contributed by atoms with van der Waals surface area (Å²) < 4.78 is 5.10. The minimum Gasteiger partial charge on any atom is -0.469 e. The lowest BCUT2D eigenvalue weighted by Gasteiger charge is -2.61. The van der Waals surface area contributed by atoms with Crippen molar-refractivity contribution in [3.05, 3.63) is 11.6 Å². The number of ether oxygens (including phenoxy) is 1. The topological polar surface area (TPSA) is 83.8 Å². The van der Waals surface area contributed by atoms with Gasteiger partial charge in [0.15, 0.2) is 5.78 Å². The van der Waals surface area contributed by atoms with Gasteiger partial charge in [-0.1, -0.05) is 27.2 Å². The highest BCUT2D eigenvalue weighted by Crippen LogP contribution is 2.65. The number of hydrogen-bond donors (Lipinski definition) is 2. The molecular formula is C21H32O5. The summed E-state index contributed by atoms with van der Waals surface area (Å²) >= 11 is 0. The monoisotopic (exact) mass is 364 g/mol. The summed E-state index contributed by atoms with van der Waals surface area (Å²) in [6.07, 6.45) is 3.92. The third-order valence-electron chi connectivity index (χ3n) is 7.65. The Kier molecular flexibility index (Phi) is 4.64. The van der Waals surface area contributed by atoms with Crippen LogP contribution in [0, 0.1) is 28.6 Å². The second kappa shape index (κ2) is 6.16. The molecule has 3 rings (SSSR count). The van der Waals surface area contributed by atoms with Crippen LogP contribution in [0.5, 0.6) is 0 Å². The van der Waals surface area contributed by atoms with Crippen molar-refractivity contribution < 1.29 is 24.5 Å². The van der Waals surface area contributed by atoms with E-state index in [0.29, 0.717) is 18.4 Å². The molecule has 2 N–H and O–H groups in total. The van der Waals surface area contributed by atoms with Crippen LogP contribution in [0.3, 0.4) is 0 Å². The number of allylic oxidation sites excluding steroid dienone is 1. The zero-order valence-electron chi connectivity index (χ0n) is 16.5. The Labute approximate surface area is 155 Å². The number of rotatable bonds is 3. The molecule has 0 radical (unpaired) electrons. The van der Waals surface area contributed by atoms with E-state index in [1.807, 2.05) is 20.8 Å². The molecule has 0 saturated heterocycles. The number of aliphatic hydroxyl groups is 2. The number of esters is 1. The lowest BCUT2D eigenvalue weighted by atomic mass is 9.45. The minimum atomic E-state index is -1.39. The van der Waals surface area contributed by atoms with Gasteiger partial charge >= 0.3 is 5.97 Å². The molecule has 0 aliphatic heterocycles. The Hall–Kier alpha value is -1.20. The van der Waals surface area contributed by atoms with Crippen LogP contribution in [0.4, 0.5) is 0 Å².